The molecule has 1 amide bonds. The van der Waals surface area contributed by atoms with Crippen LogP contribution in [0.4, 0.5) is 10.5 Å². The second-order valence-corrected chi connectivity index (χ2v) is 11.6. The van der Waals surface area contributed by atoms with Crippen molar-refractivity contribution in [1.29, 1.82) is 0 Å². The van der Waals surface area contributed by atoms with E-state index in [-0.39, 0.29) is 11.6 Å². The lowest BCUT2D eigenvalue weighted by Crippen LogP contribution is -2.58. The number of amides is 1. The molecular formula is C27H39N3O2S. The van der Waals surface area contributed by atoms with E-state index in [1.807, 2.05) is 25.7 Å². The van der Waals surface area contributed by atoms with Crippen molar-refractivity contribution >= 4 is 23.1 Å². The van der Waals surface area contributed by atoms with Crippen LogP contribution in [0.3, 0.4) is 0 Å². The summed E-state index contributed by atoms with van der Waals surface area (Å²) in [5.74, 6) is 0. The summed E-state index contributed by atoms with van der Waals surface area (Å²) < 4.78 is 5.58. The van der Waals surface area contributed by atoms with Gasteiger partial charge in [0, 0.05) is 50.0 Å². The minimum atomic E-state index is -0.437. The number of para-hydroxylation sites is 1. The number of hydrogen-bond donors (Lipinski definition) is 0. The van der Waals surface area contributed by atoms with Gasteiger partial charge in [0.1, 0.15) is 5.60 Å². The number of hydrogen-bond acceptors (Lipinski definition) is 5. The van der Waals surface area contributed by atoms with Gasteiger partial charge in [-0.25, -0.2) is 4.79 Å². The van der Waals surface area contributed by atoms with Crippen molar-refractivity contribution in [3.8, 4) is 0 Å². The van der Waals surface area contributed by atoms with E-state index in [9.17, 15) is 4.79 Å². The van der Waals surface area contributed by atoms with Gasteiger partial charge in [0.15, 0.2) is 0 Å². The lowest BCUT2D eigenvalue weighted by molar-refractivity contribution is -0.00780. The fourth-order valence-corrected chi connectivity index (χ4v) is 5.82. The first-order valence-corrected chi connectivity index (χ1v) is 13.2. The molecule has 6 heteroatoms. The van der Waals surface area contributed by atoms with Crippen molar-refractivity contribution in [2.75, 3.05) is 31.1 Å². The topological polar surface area (TPSA) is 36.0 Å². The second-order valence-electron chi connectivity index (χ2n) is 10.8. The molecule has 180 valence electrons. The number of nitrogens with zero attached hydrogens (tertiary/aromatic N) is 3. The number of carbonyl (C=O) groups is 1. The molecule has 33 heavy (non-hydrogen) atoms. The molecule has 0 aliphatic carbocycles. The van der Waals surface area contributed by atoms with Gasteiger partial charge in [0.25, 0.3) is 0 Å². The molecule has 0 atom stereocenters. The average Bonchev–Trinajstić information content (AvgIpc) is 3.31. The maximum atomic E-state index is 12.5. The summed E-state index contributed by atoms with van der Waals surface area (Å²) in [5, 5.41) is 4.44. The third kappa shape index (κ3) is 6.10. The number of anilines is 1. The Morgan fingerprint density at radius 2 is 1.76 bits per heavy atom. The van der Waals surface area contributed by atoms with Crippen LogP contribution in [0.2, 0.25) is 0 Å². The van der Waals surface area contributed by atoms with E-state index in [1.165, 1.54) is 24.1 Å². The molecule has 2 aliphatic heterocycles. The Kier molecular flexibility index (Phi) is 7.34. The summed E-state index contributed by atoms with van der Waals surface area (Å²) in [6.07, 6.45) is 4.19. The summed E-state index contributed by atoms with van der Waals surface area (Å²) in [7, 11) is 0. The van der Waals surface area contributed by atoms with Crippen LogP contribution >= 0.6 is 11.3 Å². The van der Waals surface area contributed by atoms with Crippen molar-refractivity contribution in [2.45, 2.75) is 77.1 Å². The van der Waals surface area contributed by atoms with Gasteiger partial charge < -0.3 is 14.5 Å². The Labute approximate surface area is 203 Å². The lowest BCUT2D eigenvalue weighted by atomic mass is 9.85. The van der Waals surface area contributed by atoms with Gasteiger partial charge in [-0.2, -0.15) is 11.3 Å². The smallest absolute Gasteiger partial charge is 0.410 e. The Bertz CT molecular complexity index is 878. The van der Waals surface area contributed by atoms with Gasteiger partial charge in [0.05, 0.1) is 0 Å². The normalized spacial score (nSPS) is 19.9. The molecule has 0 N–H and O–H groups in total. The van der Waals surface area contributed by atoms with E-state index in [0.29, 0.717) is 6.04 Å². The Morgan fingerprint density at radius 1 is 1.09 bits per heavy atom. The molecule has 2 aromatic rings. The van der Waals surface area contributed by atoms with Crippen LogP contribution in [-0.2, 0) is 11.3 Å². The van der Waals surface area contributed by atoms with Crippen molar-refractivity contribution in [2.24, 2.45) is 0 Å². The van der Waals surface area contributed by atoms with Crippen LogP contribution in [0.1, 0.15) is 58.9 Å². The van der Waals surface area contributed by atoms with Crippen LogP contribution in [0.5, 0.6) is 0 Å². The Morgan fingerprint density at radius 3 is 2.33 bits per heavy atom. The third-order valence-corrected chi connectivity index (χ3v) is 7.91. The van der Waals surface area contributed by atoms with Gasteiger partial charge in [-0.05, 0) is 87.9 Å². The highest BCUT2D eigenvalue weighted by atomic mass is 32.1. The molecule has 1 aromatic carbocycles. The molecule has 3 heterocycles. The lowest BCUT2D eigenvalue weighted by Gasteiger charge is -2.50. The summed E-state index contributed by atoms with van der Waals surface area (Å²) in [6, 6.07) is 13.7. The Hall–Kier alpha value is -2.05. The standard InChI is InChI=1S/C27H39N3O2S/c1-26(2,3)32-25(31)28-17-13-27(4,14-18-28)29-15-10-24(11-16-29)30(20-22-12-19-33-21-22)23-8-6-5-7-9-23/h5-9,12,19,21,24H,10-11,13-18,20H2,1-4H3. The van der Waals surface area contributed by atoms with Crippen LogP contribution < -0.4 is 4.90 Å². The quantitative estimate of drug-likeness (QED) is 0.537. The summed E-state index contributed by atoms with van der Waals surface area (Å²) in [4.78, 5) is 19.6. The van der Waals surface area contributed by atoms with Gasteiger partial charge in [-0.3, -0.25) is 4.90 Å². The zero-order chi connectivity index (χ0) is 23.5. The van der Waals surface area contributed by atoms with E-state index in [4.69, 9.17) is 4.74 Å². The maximum absolute atomic E-state index is 12.5. The largest absolute Gasteiger partial charge is 0.444 e. The number of likely N-dealkylation sites (tertiary alicyclic amines) is 2. The number of carbonyl (C=O) groups excluding carboxylic acids is 1. The highest BCUT2D eigenvalue weighted by molar-refractivity contribution is 7.07. The van der Waals surface area contributed by atoms with Crippen molar-refractivity contribution in [3.63, 3.8) is 0 Å². The van der Waals surface area contributed by atoms with Crippen molar-refractivity contribution < 1.29 is 9.53 Å². The number of thiophene rings is 1. The van der Waals surface area contributed by atoms with Gasteiger partial charge in [-0.15, -0.1) is 0 Å². The molecule has 1 aromatic heterocycles. The molecule has 4 rings (SSSR count). The number of ether oxygens (including phenoxy) is 1. The summed E-state index contributed by atoms with van der Waals surface area (Å²) in [5.41, 5.74) is 2.44. The van der Waals surface area contributed by atoms with Crippen LogP contribution in [0.15, 0.2) is 47.2 Å². The number of piperidine rings is 2. The summed E-state index contributed by atoms with van der Waals surface area (Å²) >= 11 is 1.78. The first-order valence-electron chi connectivity index (χ1n) is 12.3. The molecule has 0 bridgehead atoms. The fourth-order valence-electron chi connectivity index (χ4n) is 5.16. The van der Waals surface area contributed by atoms with Crippen LogP contribution in [0, 0.1) is 0 Å². The zero-order valence-corrected chi connectivity index (χ0v) is 21.4. The Balaban J connectivity index is 1.35. The molecule has 2 saturated heterocycles. The molecule has 0 radical (unpaired) electrons. The van der Waals surface area contributed by atoms with Crippen LogP contribution in [-0.4, -0.2) is 59.3 Å². The van der Waals surface area contributed by atoms with E-state index in [1.54, 1.807) is 11.3 Å². The monoisotopic (exact) mass is 469 g/mol. The first kappa shape index (κ1) is 24.1. The van der Waals surface area contributed by atoms with E-state index in [0.717, 1.165) is 45.6 Å². The minimum absolute atomic E-state index is 0.161. The minimum Gasteiger partial charge on any atom is -0.444 e. The molecule has 2 fully saturated rings. The first-order chi connectivity index (χ1) is 15.7. The van der Waals surface area contributed by atoms with Crippen molar-refractivity contribution in [3.05, 3.63) is 52.7 Å². The average molecular weight is 470 g/mol. The van der Waals surface area contributed by atoms with E-state index < -0.39 is 5.60 Å². The summed E-state index contributed by atoms with van der Waals surface area (Å²) in [6.45, 7) is 12.9. The molecule has 5 nitrogen and oxygen atoms in total. The van der Waals surface area contributed by atoms with Gasteiger partial charge >= 0.3 is 6.09 Å². The molecule has 0 saturated carbocycles. The highest BCUT2D eigenvalue weighted by Crippen LogP contribution is 2.34. The number of benzene rings is 1. The van der Waals surface area contributed by atoms with Gasteiger partial charge in [-0.1, -0.05) is 18.2 Å². The predicted octanol–water partition coefficient (Wildman–Crippen LogP) is 6.01. The van der Waals surface area contributed by atoms with Crippen molar-refractivity contribution in [1.82, 2.24) is 9.80 Å². The van der Waals surface area contributed by atoms with Gasteiger partial charge in [0.2, 0.25) is 0 Å². The van der Waals surface area contributed by atoms with E-state index in [2.05, 4.69) is 63.9 Å². The molecule has 2 aliphatic rings. The maximum Gasteiger partial charge on any atom is 0.410 e. The SMILES string of the molecule is CC(C)(C)OC(=O)N1CCC(C)(N2CCC(N(Cc3ccsc3)c3ccccc3)CC2)CC1. The van der Waals surface area contributed by atoms with E-state index >= 15 is 0 Å². The second kappa shape index (κ2) is 10.1. The number of rotatable bonds is 5. The molecular weight excluding hydrogens is 430 g/mol. The predicted molar refractivity (Wildman–Crippen MR) is 137 cm³/mol. The highest BCUT2D eigenvalue weighted by Gasteiger charge is 2.40. The molecule has 0 spiro atoms. The zero-order valence-electron chi connectivity index (χ0n) is 20.6. The molecule has 0 unspecified atom stereocenters. The van der Waals surface area contributed by atoms with Crippen LogP contribution in [0.25, 0.3) is 0 Å². The fraction of sp³-hybridized carbons (Fsp3) is 0.593. The third-order valence-electron chi connectivity index (χ3n) is 7.18.